The Hall–Kier alpha value is -7.78. The number of aromatic amines is 1. The van der Waals surface area contributed by atoms with Gasteiger partial charge in [0.25, 0.3) is 0 Å². The molecule has 0 aliphatic carbocycles. The number of hydrogen-bond acceptors (Lipinski definition) is 10. The van der Waals surface area contributed by atoms with E-state index in [1.165, 1.54) is 23.6 Å². The number of guanidine groups is 1. The molecule has 71 heavy (non-hydrogen) atoms. The van der Waals surface area contributed by atoms with E-state index in [0.717, 1.165) is 16.5 Å². The van der Waals surface area contributed by atoms with Crippen molar-refractivity contribution in [3.63, 3.8) is 0 Å². The molecule has 4 heterocycles. The van der Waals surface area contributed by atoms with Gasteiger partial charge in [0, 0.05) is 56.5 Å². The number of aromatic nitrogens is 1. The second-order valence-electron chi connectivity index (χ2n) is 18.2. The van der Waals surface area contributed by atoms with Crippen LogP contribution in [0.3, 0.4) is 0 Å². The number of nitrogens with one attached hydrogen (secondary N) is 7. The molecule has 22 nitrogen and oxygen atoms in total. The number of H-pyrrole nitrogens is 1. The number of amides is 9. The molecule has 3 aliphatic rings. The Morgan fingerprint density at radius 1 is 0.817 bits per heavy atom. The lowest BCUT2D eigenvalue weighted by atomic mass is 10.0. The van der Waals surface area contributed by atoms with Crippen molar-refractivity contribution >= 4 is 70.0 Å². The lowest BCUT2D eigenvalue weighted by molar-refractivity contribution is -0.143. The highest BCUT2D eigenvalue weighted by Crippen LogP contribution is 2.23. The smallest absolute Gasteiger partial charge is 0.246 e. The number of benzene rings is 2. The predicted octanol–water partition coefficient (Wildman–Crippen LogP) is -1.23. The average Bonchev–Trinajstić information content (AvgIpc) is 4.13. The van der Waals surface area contributed by atoms with Crippen LogP contribution in [-0.4, -0.2) is 142 Å². The standard InChI is InChI=1S/C49H65N13O9/c1-28-42(65)59-36(47(70)61-23-12-21-40(61)46(69)57-34(41(50)64)19-10-22-53-49(51)52)18-9-8-17-35(58-44(67)37(56-29(2)63)26-31-27-54-33-16-7-6-15-32(31)33)43(66)60-38(25-30-13-4-3-5-14-30)48(71)62-24-11-20-39(62)45(68)55-28/h3-9,13-16,27-28,34-40,54H,10-12,17-26H2,1-2H3,(H2,50,64)(H,55,68)(H,56,63)(H,57,69)(H,58,67)(H,59,65)(H,60,66)(H4,51,52,53)/b9-8-/t28-,34-,35-,36-,37-,38-,39-,40-/m0/s1. The van der Waals surface area contributed by atoms with Crippen LogP contribution in [0.2, 0.25) is 0 Å². The molecule has 3 aliphatic heterocycles. The third-order valence-electron chi connectivity index (χ3n) is 12.9. The highest BCUT2D eigenvalue weighted by atomic mass is 16.2. The molecule has 6 rings (SSSR count). The Labute approximate surface area is 411 Å². The van der Waals surface area contributed by atoms with E-state index >= 15 is 0 Å². The molecule has 2 saturated heterocycles. The lowest BCUT2D eigenvalue weighted by Crippen LogP contribution is -2.59. The molecule has 0 spiro atoms. The number of likely N-dealkylation sites (tertiary alicyclic amines) is 1. The summed E-state index contributed by atoms with van der Waals surface area (Å²) in [5.74, 6) is -5.96. The van der Waals surface area contributed by atoms with E-state index in [0.29, 0.717) is 24.8 Å². The van der Waals surface area contributed by atoms with E-state index in [1.54, 1.807) is 42.6 Å². The fourth-order valence-electron chi connectivity index (χ4n) is 9.22. The molecule has 13 N–H and O–H groups in total. The van der Waals surface area contributed by atoms with E-state index in [2.05, 4.69) is 41.9 Å². The minimum absolute atomic E-state index is 0.0442. The van der Waals surface area contributed by atoms with Crippen LogP contribution in [0.25, 0.3) is 10.9 Å². The van der Waals surface area contributed by atoms with E-state index in [-0.39, 0.29) is 70.5 Å². The minimum Gasteiger partial charge on any atom is -0.370 e. The number of para-hydroxylation sites is 1. The van der Waals surface area contributed by atoms with Crippen molar-refractivity contribution < 1.29 is 43.2 Å². The molecular weight excluding hydrogens is 915 g/mol. The van der Waals surface area contributed by atoms with Crippen molar-refractivity contribution in [2.45, 2.75) is 126 Å². The molecule has 0 saturated carbocycles. The first-order valence-corrected chi connectivity index (χ1v) is 24.0. The molecule has 8 atom stereocenters. The van der Waals surface area contributed by atoms with Gasteiger partial charge in [-0.2, -0.15) is 0 Å². The summed E-state index contributed by atoms with van der Waals surface area (Å²) in [6.07, 6.45) is 6.47. The second-order valence-corrected chi connectivity index (χ2v) is 18.2. The van der Waals surface area contributed by atoms with Crippen LogP contribution in [-0.2, 0) is 56.0 Å². The van der Waals surface area contributed by atoms with E-state index in [4.69, 9.17) is 17.2 Å². The summed E-state index contributed by atoms with van der Waals surface area (Å²) in [6, 6.07) is 7.21. The number of aliphatic imine (C=N–C) groups is 1. The molecule has 9 amide bonds. The van der Waals surface area contributed by atoms with Crippen molar-refractivity contribution in [1.29, 1.82) is 0 Å². The number of carbonyl (C=O) groups excluding carboxylic acids is 9. The Morgan fingerprint density at radius 3 is 2.27 bits per heavy atom. The van der Waals surface area contributed by atoms with Crippen LogP contribution < -0.4 is 49.1 Å². The highest BCUT2D eigenvalue weighted by molar-refractivity contribution is 5.99. The van der Waals surface area contributed by atoms with Crippen LogP contribution >= 0.6 is 0 Å². The maximum absolute atomic E-state index is 14.6. The quantitative estimate of drug-likeness (QED) is 0.0372. The fourth-order valence-corrected chi connectivity index (χ4v) is 9.22. The van der Waals surface area contributed by atoms with Gasteiger partial charge in [-0.05, 0) is 75.5 Å². The number of rotatable bonds is 15. The van der Waals surface area contributed by atoms with Crippen LogP contribution in [0, 0.1) is 0 Å². The average molecular weight is 980 g/mol. The van der Waals surface area contributed by atoms with Gasteiger partial charge >= 0.3 is 0 Å². The first-order chi connectivity index (χ1) is 34.0. The summed E-state index contributed by atoms with van der Waals surface area (Å²) in [4.78, 5) is 134. The largest absolute Gasteiger partial charge is 0.370 e. The number of fused-ring (bicyclic) bond motifs is 2. The summed E-state index contributed by atoms with van der Waals surface area (Å²) in [7, 11) is 0. The topological polar surface area (TPSA) is 338 Å². The fraction of sp³-hybridized carbons (Fsp3) is 0.469. The monoisotopic (exact) mass is 980 g/mol. The number of nitrogens with zero attached hydrogens (tertiary/aromatic N) is 3. The van der Waals surface area contributed by atoms with Gasteiger partial charge in [-0.3, -0.25) is 48.1 Å². The van der Waals surface area contributed by atoms with Crippen LogP contribution in [0.1, 0.15) is 76.3 Å². The summed E-state index contributed by atoms with van der Waals surface area (Å²) in [6.45, 7) is 3.24. The molecule has 22 heteroatoms. The zero-order valence-electron chi connectivity index (χ0n) is 40.0. The molecule has 3 aromatic rings. The second kappa shape index (κ2) is 24.7. The van der Waals surface area contributed by atoms with Crippen LogP contribution in [0.5, 0.6) is 0 Å². The summed E-state index contributed by atoms with van der Waals surface area (Å²) >= 11 is 0. The third kappa shape index (κ3) is 14.2. The normalized spacial score (nSPS) is 23.5. The van der Waals surface area contributed by atoms with Gasteiger partial charge in [0.15, 0.2) is 5.96 Å². The van der Waals surface area contributed by atoms with Gasteiger partial charge in [0.2, 0.25) is 53.2 Å². The Balaban J connectivity index is 1.30. The van der Waals surface area contributed by atoms with Crippen molar-refractivity contribution in [2.75, 3.05) is 19.6 Å². The molecule has 2 fully saturated rings. The number of nitrogens with two attached hydrogens (primary N) is 3. The maximum atomic E-state index is 14.6. The first kappa shape index (κ1) is 52.6. The van der Waals surface area contributed by atoms with Gasteiger partial charge in [-0.25, -0.2) is 0 Å². The molecule has 0 bridgehead atoms. The van der Waals surface area contributed by atoms with Gasteiger partial charge in [0.1, 0.15) is 48.3 Å². The van der Waals surface area contributed by atoms with E-state index in [9.17, 15) is 43.2 Å². The molecule has 0 unspecified atom stereocenters. The summed E-state index contributed by atoms with van der Waals surface area (Å²) in [5.41, 5.74) is 18.7. The van der Waals surface area contributed by atoms with Gasteiger partial charge in [0.05, 0.1) is 0 Å². The van der Waals surface area contributed by atoms with Crippen molar-refractivity contribution in [1.82, 2.24) is 46.7 Å². The van der Waals surface area contributed by atoms with E-state index in [1.807, 2.05) is 30.3 Å². The summed E-state index contributed by atoms with van der Waals surface area (Å²) < 4.78 is 0. The van der Waals surface area contributed by atoms with Crippen molar-refractivity contribution in [2.24, 2.45) is 22.2 Å². The van der Waals surface area contributed by atoms with Crippen LogP contribution in [0.15, 0.2) is 77.9 Å². The van der Waals surface area contributed by atoms with Crippen LogP contribution in [0.4, 0.5) is 0 Å². The van der Waals surface area contributed by atoms with Gasteiger partial charge in [-0.15, -0.1) is 0 Å². The molecule has 380 valence electrons. The number of hydrogen-bond donors (Lipinski definition) is 10. The maximum Gasteiger partial charge on any atom is 0.246 e. The first-order valence-electron chi connectivity index (χ1n) is 24.0. The molecule has 0 radical (unpaired) electrons. The number of carbonyl (C=O) groups is 9. The van der Waals surface area contributed by atoms with Gasteiger partial charge in [-0.1, -0.05) is 60.7 Å². The highest BCUT2D eigenvalue weighted by Gasteiger charge is 2.41. The van der Waals surface area contributed by atoms with Crippen molar-refractivity contribution in [3.05, 3.63) is 84.1 Å². The van der Waals surface area contributed by atoms with Crippen molar-refractivity contribution in [3.8, 4) is 0 Å². The summed E-state index contributed by atoms with van der Waals surface area (Å²) in [5, 5.41) is 17.3. The Morgan fingerprint density at radius 2 is 1.54 bits per heavy atom. The Kier molecular flexibility index (Phi) is 18.3. The molecule has 1 aromatic heterocycles. The molecular formula is C49H65N13O9. The SMILES string of the molecule is CC(=O)N[C@@H](Cc1c[nH]c2ccccc12)C(=O)N[C@H]1C/C=C\C[C@@H](C(=O)N2CCC[C@H]2C(=O)N[C@@H](CCCN=C(N)N)C(N)=O)NC(=O)[C@H](C)NC(=O)[C@@H]2CCCN2C(=O)[C@H](Cc2ccccc2)NC1=O. The zero-order chi connectivity index (χ0) is 51.2. The zero-order valence-corrected chi connectivity index (χ0v) is 40.0. The van der Waals surface area contributed by atoms with E-state index < -0.39 is 101 Å². The lowest BCUT2D eigenvalue weighted by Gasteiger charge is -2.31. The molecule has 2 aromatic carbocycles. The Bertz CT molecular complexity index is 2510. The third-order valence-corrected chi connectivity index (χ3v) is 12.9. The van der Waals surface area contributed by atoms with Gasteiger partial charge < -0.3 is 63.9 Å². The number of primary amides is 1. The minimum atomic E-state index is -1.34. The predicted molar refractivity (Wildman–Crippen MR) is 262 cm³/mol.